The Kier molecular flexibility index (Phi) is 4.16. The summed E-state index contributed by atoms with van der Waals surface area (Å²) in [6.07, 6.45) is 5.99. The van der Waals surface area contributed by atoms with Crippen LogP contribution >= 0.6 is 11.8 Å². The van der Waals surface area contributed by atoms with Gasteiger partial charge in [-0.25, -0.2) is 0 Å². The summed E-state index contributed by atoms with van der Waals surface area (Å²) in [5, 5.41) is 4.26. The molecule has 1 aliphatic heterocycles. The molecule has 1 aromatic heterocycles. The second kappa shape index (κ2) is 6.22. The van der Waals surface area contributed by atoms with Gasteiger partial charge in [0.25, 0.3) is 0 Å². The zero-order valence-corrected chi connectivity index (χ0v) is 11.7. The number of benzene rings is 1. The van der Waals surface area contributed by atoms with Crippen molar-refractivity contribution in [2.24, 2.45) is 0 Å². The van der Waals surface area contributed by atoms with E-state index in [1.54, 1.807) is 0 Å². The average molecular weight is 270 g/mol. The summed E-state index contributed by atoms with van der Waals surface area (Å²) in [5.41, 5.74) is 2.86. The van der Waals surface area contributed by atoms with Crippen LogP contribution in [0.3, 0.4) is 0 Å². The van der Waals surface area contributed by atoms with E-state index in [-0.39, 0.29) is 0 Å². The number of pyridine rings is 1. The first-order chi connectivity index (χ1) is 9.42. The van der Waals surface area contributed by atoms with Gasteiger partial charge in [-0.1, -0.05) is 18.2 Å². The molecule has 0 aliphatic carbocycles. The third-order valence-corrected chi connectivity index (χ3v) is 4.74. The number of thioether (sulfide) groups is 1. The maximum absolute atomic E-state index is 4.04. The lowest BCUT2D eigenvalue weighted by molar-refractivity contribution is 0.662. The summed E-state index contributed by atoms with van der Waals surface area (Å²) >= 11 is 2.01. The molecule has 2 nitrogen and oxygen atoms in total. The lowest BCUT2D eigenvalue weighted by Gasteiger charge is -2.10. The second-order valence-electron chi connectivity index (χ2n) is 4.86. The molecular weight excluding hydrogens is 252 g/mol. The van der Waals surface area contributed by atoms with Crippen LogP contribution in [0.25, 0.3) is 0 Å². The predicted molar refractivity (Wildman–Crippen MR) is 80.6 cm³/mol. The Bertz CT molecular complexity index is 502. The monoisotopic (exact) mass is 270 g/mol. The normalized spacial score (nSPS) is 17.4. The van der Waals surface area contributed by atoms with Crippen molar-refractivity contribution < 1.29 is 0 Å². The number of nitrogens with one attached hydrogen (secondary N) is 1. The number of rotatable bonds is 5. The van der Waals surface area contributed by atoms with Crippen LogP contribution in [0.2, 0.25) is 0 Å². The van der Waals surface area contributed by atoms with Crippen molar-refractivity contribution in [1.29, 1.82) is 0 Å². The molecule has 1 atom stereocenters. The molecule has 0 bridgehead atoms. The van der Waals surface area contributed by atoms with Gasteiger partial charge in [0.1, 0.15) is 0 Å². The van der Waals surface area contributed by atoms with Crippen molar-refractivity contribution in [2.45, 2.75) is 23.0 Å². The van der Waals surface area contributed by atoms with E-state index in [2.05, 4.69) is 46.7 Å². The Morgan fingerprint density at radius 1 is 1.16 bits per heavy atom. The fourth-order valence-corrected chi connectivity index (χ4v) is 3.70. The van der Waals surface area contributed by atoms with Gasteiger partial charge in [0.15, 0.2) is 0 Å². The molecule has 3 heteroatoms. The molecule has 1 aromatic carbocycles. The molecule has 0 amide bonds. The SMILES string of the molecule is c1ccc2c(c1)CC(CNCCc1ccncc1)S2. The number of hydrogen-bond donors (Lipinski definition) is 1. The first-order valence-electron chi connectivity index (χ1n) is 6.76. The lowest BCUT2D eigenvalue weighted by atomic mass is 10.1. The molecule has 3 rings (SSSR count). The Hall–Kier alpha value is -1.32. The summed E-state index contributed by atoms with van der Waals surface area (Å²) in [7, 11) is 0. The second-order valence-corrected chi connectivity index (χ2v) is 6.20. The first-order valence-corrected chi connectivity index (χ1v) is 7.64. The smallest absolute Gasteiger partial charge is 0.0270 e. The van der Waals surface area contributed by atoms with Gasteiger partial charge in [0.05, 0.1) is 0 Å². The van der Waals surface area contributed by atoms with Crippen LogP contribution in [0.1, 0.15) is 11.1 Å². The van der Waals surface area contributed by atoms with Gasteiger partial charge >= 0.3 is 0 Å². The van der Waals surface area contributed by atoms with E-state index in [1.165, 1.54) is 22.4 Å². The molecule has 0 radical (unpaired) electrons. The van der Waals surface area contributed by atoms with Crippen LogP contribution < -0.4 is 5.32 Å². The van der Waals surface area contributed by atoms with Crippen LogP contribution in [0.5, 0.6) is 0 Å². The van der Waals surface area contributed by atoms with Crippen LogP contribution in [0.15, 0.2) is 53.7 Å². The topological polar surface area (TPSA) is 24.9 Å². The Balaban J connectivity index is 1.41. The molecule has 2 aromatic rings. The maximum Gasteiger partial charge on any atom is 0.0270 e. The van der Waals surface area contributed by atoms with Crippen LogP contribution in [-0.2, 0) is 12.8 Å². The Labute approximate surface area is 118 Å². The third kappa shape index (κ3) is 3.37. The Morgan fingerprint density at radius 2 is 2.00 bits per heavy atom. The standard InChI is InChI=1S/C16H18N2S/c1-2-4-16-14(3-1)11-15(19-16)12-18-10-7-13-5-8-17-9-6-13/h1-6,8-9,15,18H,7,10-12H2. The van der Waals surface area contributed by atoms with Gasteiger partial charge in [0, 0.05) is 29.1 Å². The zero-order valence-electron chi connectivity index (χ0n) is 10.9. The molecule has 19 heavy (non-hydrogen) atoms. The van der Waals surface area contributed by atoms with Crippen LogP contribution in [0, 0.1) is 0 Å². The van der Waals surface area contributed by atoms with E-state index in [0.29, 0.717) is 5.25 Å². The minimum absolute atomic E-state index is 0.690. The third-order valence-electron chi connectivity index (χ3n) is 3.43. The lowest BCUT2D eigenvalue weighted by Crippen LogP contribution is -2.26. The highest BCUT2D eigenvalue weighted by atomic mass is 32.2. The van der Waals surface area contributed by atoms with Crippen LogP contribution in [0.4, 0.5) is 0 Å². The minimum Gasteiger partial charge on any atom is -0.315 e. The van der Waals surface area contributed by atoms with E-state index < -0.39 is 0 Å². The van der Waals surface area contributed by atoms with Gasteiger partial charge in [-0.2, -0.15) is 0 Å². The van der Waals surface area contributed by atoms with Gasteiger partial charge in [-0.3, -0.25) is 4.98 Å². The number of nitrogens with zero attached hydrogens (tertiary/aromatic N) is 1. The van der Waals surface area contributed by atoms with E-state index >= 15 is 0 Å². The maximum atomic E-state index is 4.04. The highest BCUT2D eigenvalue weighted by Crippen LogP contribution is 2.36. The largest absolute Gasteiger partial charge is 0.315 e. The van der Waals surface area contributed by atoms with Gasteiger partial charge in [-0.15, -0.1) is 11.8 Å². The number of hydrogen-bond acceptors (Lipinski definition) is 3. The summed E-state index contributed by atoms with van der Waals surface area (Å²) in [5.74, 6) is 0. The summed E-state index contributed by atoms with van der Waals surface area (Å²) in [4.78, 5) is 5.50. The number of fused-ring (bicyclic) bond motifs is 1. The molecule has 98 valence electrons. The van der Waals surface area contributed by atoms with Crippen molar-refractivity contribution in [2.75, 3.05) is 13.1 Å². The summed E-state index contributed by atoms with van der Waals surface area (Å²) in [6.45, 7) is 2.13. The van der Waals surface area contributed by atoms with Crippen molar-refractivity contribution in [3.63, 3.8) is 0 Å². The highest BCUT2D eigenvalue weighted by Gasteiger charge is 2.20. The molecule has 0 fully saturated rings. The number of aromatic nitrogens is 1. The van der Waals surface area contributed by atoms with E-state index in [1.807, 2.05) is 24.2 Å². The molecule has 0 saturated heterocycles. The molecule has 1 unspecified atom stereocenters. The van der Waals surface area contributed by atoms with E-state index in [4.69, 9.17) is 0 Å². The minimum atomic E-state index is 0.690. The molecule has 2 heterocycles. The van der Waals surface area contributed by atoms with Gasteiger partial charge in [-0.05, 0) is 48.7 Å². The van der Waals surface area contributed by atoms with E-state index in [9.17, 15) is 0 Å². The molecule has 1 aliphatic rings. The molecular formula is C16H18N2S. The average Bonchev–Trinajstić information content (AvgIpc) is 2.87. The summed E-state index contributed by atoms with van der Waals surface area (Å²) in [6, 6.07) is 12.9. The fraction of sp³-hybridized carbons (Fsp3) is 0.312. The van der Waals surface area contributed by atoms with Gasteiger partial charge in [0.2, 0.25) is 0 Å². The zero-order chi connectivity index (χ0) is 12.9. The van der Waals surface area contributed by atoms with Crippen molar-refractivity contribution >= 4 is 11.8 Å². The molecule has 0 spiro atoms. The van der Waals surface area contributed by atoms with Crippen molar-refractivity contribution in [3.8, 4) is 0 Å². The van der Waals surface area contributed by atoms with E-state index in [0.717, 1.165) is 19.5 Å². The molecule has 1 N–H and O–H groups in total. The van der Waals surface area contributed by atoms with Crippen molar-refractivity contribution in [1.82, 2.24) is 10.3 Å². The Morgan fingerprint density at radius 3 is 2.84 bits per heavy atom. The first kappa shape index (κ1) is 12.7. The fourth-order valence-electron chi connectivity index (χ4n) is 2.41. The van der Waals surface area contributed by atoms with Crippen LogP contribution in [-0.4, -0.2) is 23.3 Å². The predicted octanol–water partition coefficient (Wildman–Crippen LogP) is 2.93. The molecule has 0 saturated carbocycles. The highest BCUT2D eigenvalue weighted by molar-refractivity contribution is 8.00. The summed E-state index contributed by atoms with van der Waals surface area (Å²) < 4.78 is 0. The van der Waals surface area contributed by atoms with Gasteiger partial charge < -0.3 is 5.32 Å². The quantitative estimate of drug-likeness (QED) is 0.846. The van der Waals surface area contributed by atoms with Crippen molar-refractivity contribution in [3.05, 3.63) is 59.9 Å².